The van der Waals surface area contributed by atoms with E-state index in [1.807, 2.05) is 0 Å². The largest absolute Gasteiger partial charge is 0.484 e. The number of aldehydes is 1. The Kier molecular flexibility index (Phi) is 4.51. The fraction of sp³-hybridized carbons (Fsp3) is 0.118. The van der Waals surface area contributed by atoms with Gasteiger partial charge in [-0.05, 0) is 24.3 Å². The van der Waals surface area contributed by atoms with Crippen molar-refractivity contribution in [2.24, 2.45) is 0 Å². The van der Waals surface area contributed by atoms with E-state index >= 15 is 0 Å². The van der Waals surface area contributed by atoms with Crippen LogP contribution in [0.25, 0.3) is 11.4 Å². The number of hydrogen-bond acceptors (Lipinski definition) is 5. The standard InChI is InChI=1S/C17H11F3N2O3/c18-17(19,20)13-6-4-12(5-7-13)16-21-15(25-22-16)10-24-14-3-1-2-11(8-14)9-23/h1-9H,10H2. The summed E-state index contributed by atoms with van der Waals surface area (Å²) in [7, 11) is 0. The van der Waals surface area contributed by atoms with Gasteiger partial charge in [-0.15, -0.1) is 0 Å². The first kappa shape index (κ1) is 16.7. The van der Waals surface area contributed by atoms with E-state index in [0.29, 0.717) is 23.2 Å². The minimum Gasteiger partial charge on any atom is -0.484 e. The highest BCUT2D eigenvalue weighted by Gasteiger charge is 2.30. The minimum atomic E-state index is -4.40. The van der Waals surface area contributed by atoms with Crippen molar-refractivity contribution in [3.05, 3.63) is 65.5 Å². The molecule has 5 nitrogen and oxygen atoms in total. The molecule has 25 heavy (non-hydrogen) atoms. The summed E-state index contributed by atoms with van der Waals surface area (Å²) in [6.45, 7) is -0.0318. The van der Waals surface area contributed by atoms with E-state index in [0.717, 1.165) is 12.1 Å². The van der Waals surface area contributed by atoms with E-state index in [4.69, 9.17) is 9.26 Å². The van der Waals surface area contributed by atoms with Crippen LogP contribution in [0.15, 0.2) is 53.1 Å². The van der Waals surface area contributed by atoms with Crippen molar-refractivity contribution in [3.63, 3.8) is 0 Å². The van der Waals surface area contributed by atoms with Gasteiger partial charge in [-0.2, -0.15) is 18.2 Å². The lowest BCUT2D eigenvalue weighted by atomic mass is 10.1. The molecule has 0 saturated carbocycles. The number of nitrogens with zero attached hydrogens (tertiary/aromatic N) is 2. The summed E-state index contributed by atoms with van der Waals surface area (Å²) in [6.07, 6.45) is -3.70. The number of ether oxygens (including phenoxy) is 1. The summed E-state index contributed by atoms with van der Waals surface area (Å²) < 4.78 is 48.1. The van der Waals surface area contributed by atoms with Crippen molar-refractivity contribution < 1.29 is 27.2 Å². The highest BCUT2D eigenvalue weighted by molar-refractivity contribution is 5.75. The zero-order valence-electron chi connectivity index (χ0n) is 12.7. The summed E-state index contributed by atoms with van der Waals surface area (Å²) in [5.41, 5.74) is 0.109. The van der Waals surface area contributed by atoms with E-state index < -0.39 is 11.7 Å². The molecule has 1 aromatic heterocycles. The molecule has 1 heterocycles. The lowest BCUT2D eigenvalue weighted by molar-refractivity contribution is -0.137. The van der Waals surface area contributed by atoms with Gasteiger partial charge >= 0.3 is 6.18 Å². The summed E-state index contributed by atoms with van der Waals surface area (Å²) in [5, 5.41) is 3.72. The van der Waals surface area contributed by atoms with Crippen LogP contribution in [0.3, 0.4) is 0 Å². The molecule has 0 radical (unpaired) electrons. The highest BCUT2D eigenvalue weighted by Crippen LogP contribution is 2.30. The number of aromatic nitrogens is 2. The maximum absolute atomic E-state index is 12.6. The third-order valence-electron chi connectivity index (χ3n) is 3.30. The third-order valence-corrected chi connectivity index (χ3v) is 3.30. The first-order valence-corrected chi connectivity index (χ1v) is 7.14. The number of carbonyl (C=O) groups is 1. The van der Waals surface area contributed by atoms with Gasteiger partial charge in [0.05, 0.1) is 5.56 Å². The van der Waals surface area contributed by atoms with Gasteiger partial charge in [0, 0.05) is 11.1 Å². The fourth-order valence-corrected chi connectivity index (χ4v) is 2.06. The van der Waals surface area contributed by atoms with Crippen molar-refractivity contribution in [2.75, 3.05) is 0 Å². The number of alkyl halides is 3. The lowest BCUT2D eigenvalue weighted by Crippen LogP contribution is -2.04. The van der Waals surface area contributed by atoms with E-state index in [-0.39, 0.29) is 18.3 Å². The van der Waals surface area contributed by atoms with Gasteiger partial charge in [-0.25, -0.2) is 0 Å². The Morgan fingerprint density at radius 2 is 1.88 bits per heavy atom. The van der Waals surface area contributed by atoms with E-state index in [2.05, 4.69) is 10.1 Å². The number of halogens is 3. The molecule has 128 valence electrons. The number of benzene rings is 2. The Morgan fingerprint density at radius 1 is 1.12 bits per heavy atom. The molecule has 0 saturated heterocycles. The van der Waals surface area contributed by atoms with Gasteiger partial charge in [0.15, 0.2) is 6.61 Å². The highest BCUT2D eigenvalue weighted by atomic mass is 19.4. The second kappa shape index (κ2) is 6.76. The maximum atomic E-state index is 12.6. The molecule has 0 aliphatic carbocycles. The van der Waals surface area contributed by atoms with Crippen LogP contribution in [0.1, 0.15) is 21.8 Å². The first-order valence-electron chi connectivity index (χ1n) is 7.14. The monoisotopic (exact) mass is 348 g/mol. The SMILES string of the molecule is O=Cc1cccc(OCc2nc(-c3ccc(C(F)(F)F)cc3)no2)c1. The number of carbonyl (C=O) groups excluding carboxylic acids is 1. The predicted octanol–water partition coefficient (Wildman–Crippen LogP) is 4.15. The van der Waals surface area contributed by atoms with Gasteiger partial charge in [0.25, 0.3) is 5.89 Å². The molecule has 0 amide bonds. The fourth-order valence-electron chi connectivity index (χ4n) is 2.06. The van der Waals surface area contributed by atoms with Gasteiger partial charge in [0.2, 0.25) is 5.82 Å². The Bertz CT molecular complexity index is 873. The maximum Gasteiger partial charge on any atom is 0.416 e. The Hall–Kier alpha value is -3.16. The Morgan fingerprint density at radius 3 is 2.56 bits per heavy atom. The average Bonchev–Trinajstić information content (AvgIpc) is 3.08. The van der Waals surface area contributed by atoms with Crippen molar-refractivity contribution in [2.45, 2.75) is 12.8 Å². The molecule has 3 aromatic rings. The van der Waals surface area contributed by atoms with Crippen molar-refractivity contribution in [3.8, 4) is 17.1 Å². The molecule has 0 fully saturated rings. The quantitative estimate of drug-likeness (QED) is 0.648. The van der Waals surface area contributed by atoms with Crippen LogP contribution in [0.4, 0.5) is 13.2 Å². The molecule has 2 aromatic carbocycles. The normalized spacial score (nSPS) is 11.3. The van der Waals surface area contributed by atoms with Crippen LogP contribution in [-0.2, 0) is 12.8 Å². The predicted molar refractivity (Wildman–Crippen MR) is 80.9 cm³/mol. The third kappa shape index (κ3) is 4.03. The molecule has 0 atom stereocenters. The van der Waals surface area contributed by atoms with Gasteiger partial charge in [-0.1, -0.05) is 29.4 Å². The van der Waals surface area contributed by atoms with Crippen LogP contribution in [-0.4, -0.2) is 16.4 Å². The summed E-state index contributed by atoms with van der Waals surface area (Å²) >= 11 is 0. The van der Waals surface area contributed by atoms with Crippen LogP contribution < -0.4 is 4.74 Å². The Balaban J connectivity index is 1.68. The van der Waals surface area contributed by atoms with Crippen LogP contribution in [0.2, 0.25) is 0 Å². The summed E-state index contributed by atoms with van der Waals surface area (Å²) in [5.74, 6) is 0.777. The minimum absolute atomic E-state index is 0.0318. The van der Waals surface area contributed by atoms with Crippen molar-refractivity contribution >= 4 is 6.29 Å². The zero-order valence-corrected chi connectivity index (χ0v) is 12.7. The topological polar surface area (TPSA) is 65.2 Å². The van der Waals surface area contributed by atoms with E-state index in [1.54, 1.807) is 24.3 Å². The number of rotatable bonds is 5. The van der Waals surface area contributed by atoms with Crippen molar-refractivity contribution in [1.82, 2.24) is 10.1 Å². The molecule has 8 heteroatoms. The molecular weight excluding hydrogens is 337 g/mol. The second-order valence-electron chi connectivity index (χ2n) is 5.07. The van der Waals surface area contributed by atoms with Gasteiger partial charge in [-0.3, -0.25) is 4.79 Å². The lowest BCUT2D eigenvalue weighted by Gasteiger charge is -2.05. The molecule has 0 spiro atoms. The molecular formula is C17H11F3N2O3. The molecule has 0 N–H and O–H groups in total. The van der Waals surface area contributed by atoms with Crippen LogP contribution in [0.5, 0.6) is 5.75 Å². The first-order chi connectivity index (χ1) is 12.0. The van der Waals surface area contributed by atoms with Crippen LogP contribution in [0, 0.1) is 0 Å². The smallest absolute Gasteiger partial charge is 0.416 e. The second-order valence-corrected chi connectivity index (χ2v) is 5.07. The Labute approximate surface area is 140 Å². The molecule has 0 aliphatic rings. The van der Waals surface area contributed by atoms with Crippen molar-refractivity contribution in [1.29, 1.82) is 0 Å². The van der Waals surface area contributed by atoms with E-state index in [1.165, 1.54) is 12.1 Å². The average molecular weight is 348 g/mol. The van der Waals surface area contributed by atoms with E-state index in [9.17, 15) is 18.0 Å². The molecule has 3 rings (SSSR count). The molecule has 0 bridgehead atoms. The molecule has 0 aliphatic heterocycles. The number of hydrogen-bond donors (Lipinski definition) is 0. The van der Waals surface area contributed by atoms with Crippen LogP contribution >= 0.6 is 0 Å². The summed E-state index contributed by atoms with van der Waals surface area (Å²) in [4.78, 5) is 14.8. The zero-order chi connectivity index (χ0) is 17.9. The molecule has 0 unspecified atom stereocenters. The summed E-state index contributed by atoms with van der Waals surface area (Å²) in [6, 6.07) is 11.0. The van der Waals surface area contributed by atoms with Gasteiger partial charge < -0.3 is 9.26 Å². The van der Waals surface area contributed by atoms with Gasteiger partial charge in [0.1, 0.15) is 12.0 Å².